The molecule has 5 nitrogen and oxygen atoms in total. The van der Waals surface area contributed by atoms with Crippen molar-refractivity contribution in [1.29, 1.82) is 0 Å². The van der Waals surface area contributed by atoms with Crippen LogP contribution in [0.1, 0.15) is 30.6 Å². The Balaban J connectivity index is 1.88. The van der Waals surface area contributed by atoms with Crippen molar-refractivity contribution < 1.29 is 0 Å². The topological polar surface area (TPSA) is 56.5 Å². The quantitative estimate of drug-likeness (QED) is 0.401. The summed E-state index contributed by atoms with van der Waals surface area (Å²) in [6.45, 7) is 6.12. The summed E-state index contributed by atoms with van der Waals surface area (Å²) in [4.78, 5) is 8.98. The number of halogens is 1. The van der Waals surface area contributed by atoms with Gasteiger partial charge in [0.05, 0.1) is 5.75 Å². The van der Waals surface area contributed by atoms with Gasteiger partial charge in [-0.25, -0.2) is 9.97 Å². The lowest BCUT2D eigenvalue weighted by atomic mass is 10.3. The molecule has 0 fully saturated rings. The van der Waals surface area contributed by atoms with Gasteiger partial charge in [0.2, 0.25) is 0 Å². The van der Waals surface area contributed by atoms with Crippen molar-refractivity contribution >= 4 is 35.1 Å². The second-order valence-electron chi connectivity index (χ2n) is 5.78. The molecular formula is C18H20ClN5S2. The molecule has 0 saturated heterocycles. The predicted molar refractivity (Wildman–Crippen MR) is 108 cm³/mol. The smallest absolute Gasteiger partial charge is 0.195 e. The van der Waals surface area contributed by atoms with Crippen LogP contribution in [0.25, 0.3) is 5.69 Å². The molecule has 2 heterocycles. The molecule has 3 aromatic rings. The maximum atomic E-state index is 6.04. The fourth-order valence-corrected chi connectivity index (χ4v) is 4.23. The third-order valence-corrected chi connectivity index (χ3v) is 5.74. The number of aryl methyl sites for hydroxylation is 2. The summed E-state index contributed by atoms with van der Waals surface area (Å²) in [5.41, 5.74) is 2.95. The van der Waals surface area contributed by atoms with E-state index in [1.807, 2.05) is 44.2 Å². The summed E-state index contributed by atoms with van der Waals surface area (Å²) in [5.74, 6) is 2.52. The molecular weight excluding hydrogens is 386 g/mol. The van der Waals surface area contributed by atoms with Gasteiger partial charge in [-0.2, -0.15) is 0 Å². The van der Waals surface area contributed by atoms with Crippen LogP contribution in [-0.4, -0.2) is 30.5 Å². The number of aromatic nitrogens is 5. The molecule has 0 atom stereocenters. The van der Waals surface area contributed by atoms with Gasteiger partial charge < -0.3 is 0 Å². The number of hydrogen-bond donors (Lipinski definition) is 0. The lowest BCUT2D eigenvalue weighted by Gasteiger charge is -2.10. The van der Waals surface area contributed by atoms with Gasteiger partial charge >= 0.3 is 0 Å². The second-order valence-corrected chi connectivity index (χ2v) is 8.22. The van der Waals surface area contributed by atoms with Crippen LogP contribution in [0.4, 0.5) is 0 Å². The van der Waals surface area contributed by atoms with E-state index in [-0.39, 0.29) is 0 Å². The lowest BCUT2D eigenvalue weighted by molar-refractivity contribution is 0.859. The van der Waals surface area contributed by atoms with Crippen LogP contribution < -0.4 is 0 Å². The first-order valence-electron chi connectivity index (χ1n) is 8.35. The van der Waals surface area contributed by atoms with Gasteiger partial charge in [0.1, 0.15) is 5.82 Å². The van der Waals surface area contributed by atoms with Crippen LogP contribution >= 0.6 is 35.1 Å². The molecule has 2 aromatic heterocycles. The largest absolute Gasteiger partial charge is 0.273 e. The normalized spacial score (nSPS) is 11.1. The minimum absolute atomic E-state index is 0.644. The van der Waals surface area contributed by atoms with E-state index in [4.69, 9.17) is 11.6 Å². The van der Waals surface area contributed by atoms with E-state index >= 15 is 0 Å². The van der Waals surface area contributed by atoms with E-state index in [9.17, 15) is 0 Å². The summed E-state index contributed by atoms with van der Waals surface area (Å²) < 4.78 is 2.09. The third kappa shape index (κ3) is 4.78. The van der Waals surface area contributed by atoms with Crippen LogP contribution in [0.3, 0.4) is 0 Å². The van der Waals surface area contributed by atoms with Gasteiger partial charge in [-0.1, -0.05) is 42.0 Å². The summed E-state index contributed by atoms with van der Waals surface area (Å²) in [7, 11) is 0. The van der Waals surface area contributed by atoms with Crippen molar-refractivity contribution in [2.24, 2.45) is 0 Å². The molecule has 0 radical (unpaired) electrons. The van der Waals surface area contributed by atoms with Crippen molar-refractivity contribution in [2.45, 2.75) is 43.3 Å². The summed E-state index contributed by atoms with van der Waals surface area (Å²) in [6.07, 6.45) is 1.08. The van der Waals surface area contributed by atoms with Gasteiger partial charge in [-0.15, -0.1) is 10.2 Å². The molecule has 0 amide bonds. The highest BCUT2D eigenvalue weighted by molar-refractivity contribution is 7.99. The summed E-state index contributed by atoms with van der Waals surface area (Å²) >= 11 is 9.32. The molecule has 0 aliphatic rings. The minimum atomic E-state index is 0.644. The maximum Gasteiger partial charge on any atom is 0.195 e. The highest BCUT2D eigenvalue weighted by Crippen LogP contribution is 2.27. The standard InChI is InChI=1S/C18H20ClN5S2/c1-4-9-25-18-23-22-16(24(18)15-7-5-14(19)6-8-15)11-26-17-20-12(2)10-13(3)21-17/h5-8,10H,4,9,11H2,1-3H3. The molecule has 3 rings (SSSR count). The molecule has 1 aromatic carbocycles. The average Bonchev–Trinajstić information content (AvgIpc) is 3.01. The number of benzene rings is 1. The third-order valence-electron chi connectivity index (χ3n) is 3.51. The Bertz CT molecular complexity index is 860. The van der Waals surface area contributed by atoms with E-state index < -0.39 is 0 Å². The van der Waals surface area contributed by atoms with Gasteiger partial charge in [-0.3, -0.25) is 4.57 Å². The van der Waals surface area contributed by atoms with Gasteiger partial charge in [-0.05, 0) is 50.6 Å². The zero-order chi connectivity index (χ0) is 18.5. The van der Waals surface area contributed by atoms with E-state index in [1.165, 1.54) is 0 Å². The Morgan fingerprint density at radius 2 is 1.69 bits per heavy atom. The van der Waals surface area contributed by atoms with E-state index in [0.717, 1.165) is 45.4 Å². The lowest BCUT2D eigenvalue weighted by Crippen LogP contribution is -2.02. The van der Waals surface area contributed by atoms with E-state index in [1.54, 1.807) is 23.5 Å². The molecule has 0 bridgehead atoms. The van der Waals surface area contributed by atoms with Gasteiger partial charge in [0.15, 0.2) is 10.3 Å². The second kappa shape index (κ2) is 8.88. The maximum absolute atomic E-state index is 6.04. The van der Waals surface area contributed by atoms with Crippen molar-refractivity contribution in [3.05, 3.63) is 52.6 Å². The number of thioether (sulfide) groups is 2. The summed E-state index contributed by atoms with van der Waals surface area (Å²) in [5, 5.41) is 11.2. The van der Waals surface area contributed by atoms with Crippen LogP contribution in [0, 0.1) is 13.8 Å². The Morgan fingerprint density at radius 1 is 1.00 bits per heavy atom. The molecule has 0 spiro atoms. The van der Waals surface area contributed by atoms with Crippen LogP contribution in [0.5, 0.6) is 0 Å². The van der Waals surface area contributed by atoms with Gasteiger partial charge in [0.25, 0.3) is 0 Å². The van der Waals surface area contributed by atoms with Crippen molar-refractivity contribution in [3.63, 3.8) is 0 Å². The SMILES string of the molecule is CCCSc1nnc(CSc2nc(C)cc(C)n2)n1-c1ccc(Cl)cc1. The number of nitrogens with zero attached hydrogens (tertiary/aromatic N) is 5. The highest BCUT2D eigenvalue weighted by atomic mass is 35.5. The molecule has 0 unspecified atom stereocenters. The number of rotatable bonds is 7. The first kappa shape index (κ1) is 19.2. The van der Waals surface area contributed by atoms with Crippen LogP contribution in [0.2, 0.25) is 5.02 Å². The highest BCUT2D eigenvalue weighted by Gasteiger charge is 2.15. The Kier molecular flexibility index (Phi) is 6.56. The number of hydrogen-bond acceptors (Lipinski definition) is 6. The summed E-state index contributed by atoms with van der Waals surface area (Å²) in [6, 6.07) is 9.72. The minimum Gasteiger partial charge on any atom is -0.273 e. The fraction of sp³-hybridized carbons (Fsp3) is 0.333. The average molecular weight is 406 g/mol. The molecule has 8 heteroatoms. The molecule has 136 valence electrons. The molecule has 0 aliphatic heterocycles. The first-order valence-corrected chi connectivity index (χ1v) is 10.7. The Morgan fingerprint density at radius 3 is 2.35 bits per heavy atom. The van der Waals surface area contributed by atoms with E-state index in [2.05, 4.69) is 31.7 Å². The Labute approximate surface area is 167 Å². The molecule has 0 N–H and O–H groups in total. The van der Waals surface area contributed by atoms with Crippen molar-refractivity contribution in [2.75, 3.05) is 5.75 Å². The Hall–Kier alpha value is -1.57. The predicted octanol–water partition coefficient (Wildman–Crippen LogP) is 5.12. The fourth-order valence-electron chi connectivity index (χ4n) is 2.42. The molecule has 26 heavy (non-hydrogen) atoms. The molecule has 0 aliphatic carbocycles. The zero-order valence-corrected chi connectivity index (χ0v) is 17.3. The van der Waals surface area contributed by atoms with Crippen molar-refractivity contribution in [3.8, 4) is 5.69 Å². The monoisotopic (exact) mass is 405 g/mol. The van der Waals surface area contributed by atoms with E-state index in [0.29, 0.717) is 10.8 Å². The van der Waals surface area contributed by atoms with Crippen LogP contribution in [-0.2, 0) is 5.75 Å². The molecule has 0 saturated carbocycles. The van der Waals surface area contributed by atoms with Crippen LogP contribution in [0.15, 0.2) is 40.6 Å². The zero-order valence-electron chi connectivity index (χ0n) is 14.9. The van der Waals surface area contributed by atoms with Crippen molar-refractivity contribution in [1.82, 2.24) is 24.7 Å². The van der Waals surface area contributed by atoms with Gasteiger partial charge in [0, 0.05) is 27.9 Å². The first-order chi connectivity index (χ1) is 12.6.